The molecule has 0 unspecified atom stereocenters. The first-order valence-corrected chi connectivity index (χ1v) is 12.3. The molecule has 1 aliphatic heterocycles. The molecular formula is C29H31N5O2. The van der Waals surface area contributed by atoms with Crippen LogP contribution in [0.25, 0.3) is 22.3 Å². The van der Waals surface area contributed by atoms with Gasteiger partial charge in [0.2, 0.25) is 5.91 Å². The molecule has 0 radical (unpaired) electrons. The molecule has 184 valence electrons. The summed E-state index contributed by atoms with van der Waals surface area (Å²) in [6.45, 7) is 7.82. The number of amides is 2. The summed E-state index contributed by atoms with van der Waals surface area (Å²) in [6.07, 6.45) is 0. The Hall–Kier alpha value is -4.00. The second kappa shape index (κ2) is 9.22. The number of aryl methyl sites for hydroxylation is 2. The normalized spacial score (nSPS) is 14.3. The van der Waals surface area contributed by atoms with Gasteiger partial charge >= 0.3 is 0 Å². The molecule has 0 saturated carbocycles. The first kappa shape index (κ1) is 23.7. The highest BCUT2D eigenvalue weighted by Gasteiger charge is 2.36. The Morgan fingerprint density at radius 1 is 0.861 bits per heavy atom. The van der Waals surface area contributed by atoms with Gasteiger partial charge in [-0.15, -0.1) is 0 Å². The molecule has 0 spiro atoms. The molecule has 7 heteroatoms. The van der Waals surface area contributed by atoms with Crippen molar-refractivity contribution in [3.8, 4) is 11.3 Å². The van der Waals surface area contributed by atoms with Crippen molar-refractivity contribution < 1.29 is 9.59 Å². The van der Waals surface area contributed by atoms with Crippen LogP contribution in [0.15, 0.2) is 66.7 Å². The van der Waals surface area contributed by atoms with Crippen LogP contribution < -0.4 is 0 Å². The fraction of sp³-hybridized carbons (Fsp3) is 0.310. The van der Waals surface area contributed by atoms with Gasteiger partial charge in [0, 0.05) is 38.8 Å². The van der Waals surface area contributed by atoms with E-state index in [-0.39, 0.29) is 11.8 Å². The van der Waals surface area contributed by atoms with Gasteiger partial charge in [-0.25, -0.2) is 4.98 Å². The molecule has 7 nitrogen and oxygen atoms in total. The van der Waals surface area contributed by atoms with E-state index < -0.39 is 5.41 Å². The highest BCUT2D eigenvalue weighted by Crippen LogP contribution is 2.29. The smallest absolute Gasteiger partial charge is 0.254 e. The summed E-state index contributed by atoms with van der Waals surface area (Å²) in [7, 11) is 1.85. The fourth-order valence-electron chi connectivity index (χ4n) is 5.03. The summed E-state index contributed by atoms with van der Waals surface area (Å²) in [6, 6.07) is 21.6. The van der Waals surface area contributed by atoms with E-state index in [0.717, 1.165) is 27.9 Å². The maximum absolute atomic E-state index is 13.8. The van der Waals surface area contributed by atoms with Gasteiger partial charge in [-0.3, -0.25) is 14.3 Å². The van der Waals surface area contributed by atoms with Crippen molar-refractivity contribution in [3.05, 3.63) is 83.6 Å². The Morgan fingerprint density at radius 3 is 2.08 bits per heavy atom. The summed E-state index contributed by atoms with van der Waals surface area (Å²) in [5, 5.41) is 5.32. The van der Waals surface area contributed by atoms with E-state index in [1.54, 1.807) is 4.68 Å². The Labute approximate surface area is 211 Å². The molecule has 2 amide bonds. The molecule has 0 aliphatic carbocycles. The quantitative estimate of drug-likeness (QED) is 0.438. The maximum Gasteiger partial charge on any atom is 0.254 e. The van der Waals surface area contributed by atoms with E-state index in [1.165, 1.54) is 0 Å². The monoisotopic (exact) mass is 481 g/mol. The van der Waals surface area contributed by atoms with E-state index >= 15 is 0 Å². The molecule has 1 fully saturated rings. The molecule has 3 heterocycles. The zero-order valence-electron chi connectivity index (χ0n) is 21.2. The molecule has 0 N–H and O–H groups in total. The van der Waals surface area contributed by atoms with E-state index in [2.05, 4.69) is 5.10 Å². The van der Waals surface area contributed by atoms with Crippen LogP contribution in [0.5, 0.6) is 0 Å². The topological polar surface area (TPSA) is 71.3 Å². The largest absolute Gasteiger partial charge is 0.338 e. The van der Waals surface area contributed by atoms with Crippen LogP contribution in [-0.2, 0) is 17.3 Å². The van der Waals surface area contributed by atoms with Gasteiger partial charge in [-0.2, -0.15) is 5.10 Å². The number of nitrogens with zero attached hydrogens (tertiary/aromatic N) is 5. The predicted molar refractivity (Wildman–Crippen MR) is 141 cm³/mol. The number of aromatic nitrogens is 3. The molecule has 5 rings (SSSR count). The van der Waals surface area contributed by atoms with Crippen molar-refractivity contribution in [1.29, 1.82) is 0 Å². The van der Waals surface area contributed by atoms with Crippen LogP contribution in [0, 0.1) is 6.92 Å². The number of rotatable bonds is 4. The molecule has 36 heavy (non-hydrogen) atoms. The molecule has 2 aromatic carbocycles. The van der Waals surface area contributed by atoms with Gasteiger partial charge in [0.05, 0.1) is 27.8 Å². The van der Waals surface area contributed by atoms with E-state index in [9.17, 15) is 9.59 Å². The molecular weight excluding hydrogens is 450 g/mol. The van der Waals surface area contributed by atoms with Crippen LogP contribution in [0.2, 0.25) is 0 Å². The van der Waals surface area contributed by atoms with E-state index in [0.29, 0.717) is 37.4 Å². The lowest BCUT2D eigenvalue weighted by Crippen LogP contribution is -2.54. The minimum Gasteiger partial charge on any atom is -0.338 e. The minimum atomic E-state index is -0.623. The van der Waals surface area contributed by atoms with Crippen LogP contribution >= 0.6 is 0 Å². The summed E-state index contributed by atoms with van der Waals surface area (Å²) < 4.78 is 1.73. The first-order valence-electron chi connectivity index (χ1n) is 12.3. The number of hydrogen-bond acceptors (Lipinski definition) is 4. The van der Waals surface area contributed by atoms with Crippen molar-refractivity contribution in [3.63, 3.8) is 0 Å². The SMILES string of the molecule is Cc1nn(C)c2nc(-c3ccccc3)cc(C(=O)N3CCN(C(=O)C(C)(C)c4ccccc4)CC3)c12. The van der Waals surface area contributed by atoms with Crippen molar-refractivity contribution in [2.45, 2.75) is 26.2 Å². The number of fused-ring (bicyclic) bond motifs is 1. The number of carbonyl (C=O) groups is 2. The molecule has 4 aromatic rings. The molecule has 1 saturated heterocycles. The third-order valence-corrected chi connectivity index (χ3v) is 7.15. The standard InChI is InChI=1S/C29H31N5O2/c1-20-25-23(19-24(21-11-7-5-8-12-21)30-26(25)32(4)31-20)27(35)33-15-17-34(18-16-33)28(36)29(2,3)22-13-9-6-10-14-22/h5-14,19H,15-18H2,1-4H3. The second-order valence-electron chi connectivity index (χ2n) is 9.90. The zero-order chi connectivity index (χ0) is 25.4. The zero-order valence-corrected chi connectivity index (χ0v) is 21.2. The van der Waals surface area contributed by atoms with Crippen LogP contribution in [0.4, 0.5) is 0 Å². The molecule has 1 aliphatic rings. The van der Waals surface area contributed by atoms with Gasteiger partial charge in [0.1, 0.15) is 0 Å². The van der Waals surface area contributed by atoms with Crippen molar-refractivity contribution in [2.24, 2.45) is 7.05 Å². The number of hydrogen-bond donors (Lipinski definition) is 0. The van der Waals surface area contributed by atoms with E-state index in [1.807, 2.05) is 104 Å². The van der Waals surface area contributed by atoms with Crippen molar-refractivity contribution >= 4 is 22.8 Å². The Bertz CT molecular complexity index is 1420. The van der Waals surface area contributed by atoms with Gasteiger partial charge < -0.3 is 9.80 Å². The molecule has 0 bridgehead atoms. The van der Waals surface area contributed by atoms with Gasteiger partial charge in [-0.05, 0) is 32.4 Å². The molecule has 2 aromatic heterocycles. The highest BCUT2D eigenvalue weighted by molar-refractivity contribution is 6.07. The second-order valence-corrected chi connectivity index (χ2v) is 9.90. The average Bonchev–Trinajstić information content (AvgIpc) is 3.21. The number of piperazine rings is 1. The van der Waals surface area contributed by atoms with Gasteiger partial charge in [0.25, 0.3) is 5.91 Å². The summed E-state index contributed by atoms with van der Waals surface area (Å²) in [5.41, 5.74) is 4.14. The maximum atomic E-state index is 13.8. The Kier molecular flexibility index (Phi) is 6.08. The Morgan fingerprint density at radius 2 is 1.44 bits per heavy atom. The van der Waals surface area contributed by atoms with Crippen LogP contribution in [0.3, 0.4) is 0 Å². The lowest BCUT2D eigenvalue weighted by molar-refractivity contribution is -0.137. The molecule has 0 atom stereocenters. The van der Waals surface area contributed by atoms with Crippen LogP contribution in [-0.4, -0.2) is 62.6 Å². The highest BCUT2D eigenvalue weighted by atomic mass is 16.2. The van der Waals surface area contributed by atoms with E-state index in [4.69, 9.17) is 4.98 Å². The first-order chi connectivity index (χ1) is 17.3. The summed E-state index contributed by atoms with van der Waals surface area (Å²) >= 11 is 0. The Balaban J connectivity index is 1.40. The third kappa shape index (κ3) is 4.15. The number of benzene rings is 2. The van der Waals surface area contributed by atoms with Crippen LogP contribution in [0.1, 0.15) is 35.5 Å². The predicted octanol–water partition coefficient (Wildman–Crippen LogP) is 4.21. The third-order valence-electron chi connectivity index (χ3n) is 7.15. The summed E-state index contributed by atoms with van der Waals surface area (Å²) in [5.74, 6) is 0.0340. The fourth-order valence-corrected chi connectivity index (χ4v) is 5.03. The number of carbonyl (C=O) groups excluding carboxylic acids is 2. The summed E-state index contributed by atoms with van der Waals surface area (Å²) in [4.78, 5) is 35.7. The number of pyridine rings is 1. The average molecular weight is 482 g/mol. The lowest BCUT2D eigenvalue weighted by atomic mass is 9.83. The minimum absolute atomic E-state index is 0.0508. The van der Waals surface area contributed by atoms with Crippen molar-refractivity contribution in [1.82, 2.24) is 24.6 Å². The lowest BCUT2D eigenvalue weighted by Gasteiger charge is -2.39. The van der Waals surface area contributed by atoms with Crippen molar-refractivity contribution in [2.75, 3.05) is 26.2 Å². The van der Waals surface area contributed by atoms with Gasteiger partial charge in [-0.1, -0.05) is 60.7 Å². The van der Waals surface area contributed by atoms with Gasteiger partial charge in [0.15, 0.2) is 5.65 Å².